The number of hydrogen-bond acceptors (Lipinski definition) is 4. The molecule has 22 heavy (non-hydrogen) atoms. The first kappa shape index (κ1) is 14.4. The second-order valence-corrected chi connectivity index (χ2v) is 5.26. The molecule has 1 amide bonds. The molecule has 0 bridgehead atoms. The lowest BCUT2D eigenvalue weighted by Gasteiger charge is -2.08. The van der Waals surface area contributed by atoms with Gasteiger partial charge in [-0.15, -0.1) is 0 Å². The lowest BCUT2D eigenvalue weighted by molar-refractivity contribution is 0.102. The Morgan fingerprint density at radius 3 is 2.68 bits per heavy atom. The predicted molar refractivity (Wildman–Crippen MR) is 86.4 cm³/mol. The van der Waals surface area contributed by atoms with Crippen LogP contribution in [0.15, 0.2) is 42.6 Å². The number of nitrogens with zero attached hydrogens (tertiary/aromatic N) is 1. The maximum Gasteiger partial charge on any atom is 0.274 e. The molecule has 0 unspecified atom stereocenters. The molecule has 3 rings (SSSR count). The number of ether oxygens (including phenoxy) is 1. The molecule has 0 spiro atoms. The predicted octanol–water partition coefficient (Wildman–Crippen LogP) is 3.31. The lowest BCUT2D eigenvalue weighted by Crippen LogP contribution is -2.14. The van der Waals surface area contributed by atoms with Crippen molar-refractivity contribution < 1.29 is 9.53 Å². The molecule has 0 saturated heterocycles. The minimum absolute atomic E-state index is 0.219. The van der Waals surface area contributed by atoms with Gasteiger partial charge in [0, 0.05) is 23.6 Å². The monoisotopic (exact) mass is 297 g/mol. The van der Waals surface area contributed by atoms with E-state index in [-0.39, 0.29) is 5.91 Å². The number of carbonyl (C=O) groups is 1. The number of nitrogens with one attached hydrogen (secondary N) is 2. The molecule has 5 nitrogen and oxygen atoms in total. The summed E-state index contributed by atoms with van der Waals surface area (Å²) in [5.41, 5.74) is 2.06. The Bertz CT molecular complexity index is 651. The Balaban J connectivity index is 1.65. The number of hydrogen-bond donors (Lipinski definition) is 2. The highest BCUT2D eigenvalue weighted by Crippen LogP contribution is 2.24. The van der Waals surface area contributed by atoms with E-state index >= 15 is 0 Å². The number of anilines is 2. The fraction of sp³-hybridized carbons (Fsp3) is 0.294. The van der Waals surface area contributed by atoms with Crippen LogP contribution in [0, 0.1) is 0 Å². The number of rotatable bonds is 6. The third kappa shape index (κ3) is 3.75. The van der Waals surface area contributed by atoms with Crippen molar-refractivity contribution in [2.75, 3.05) is 17.2 Å². The molecule has 5 heteroatoms. The van der Waals surface area contributed by atoms with E-state index in [0.717, 1.165) is 17.1 Å². The maximum atomic E-state index is 12.2. The fourth-order valence-corrected chi connectivity index (χ4v) is 2.10. The van der Waals surface area contributed by atoms with Crippen molar-refractivity contribution in [2.45, 2.75) is 25.8 Å². The van der Waals surface area contributed by atoms with E-state index in [4.69, 9.17) is 4.74 Å². The number of pyridine rings is 1. The largest absolute Gasteiger partial charge is 0.494 e. The Labute approximate surface area is 129 Å². The summed E-state index contributed by atoms with van der Waals surface area (Å²) in [4.78, 5) is 16.4. The highest BCUT2D eigenvalue weighted by Gasteiger charge is 2.21. The number of aromatic nitrogens is 1. The summed E-state index contributed by atoms with van der Waals surface area (Å²) in [5, 5.41) is 6.20. The van der Waals surface area contributed by atoms with Crippen LogP contribution in [0.5, 0.6) is 5.75 Å². The fourth-order valence-electron chi connectivity index (χ4n) is 2.10. The molecule has 1 fully saturated rings. The molecule has 1 saturated carbocycles. The van der Waals surface area contributed by atoms with Crippen LogP contribution in [-0.4, -0.2) is 23.5 Å². The van der Waals surface area contributed by atoms with Crippen molar-refractivity contribution >= 4 is 17.3 Å². The molecule has 2 N–H and O–H groups in total. The van der Waals surface area contributed by atoms with Gasteiger partial charge in [-0.05, 0) is 56.2 Å². The Morgan fingerprint density at radius 2 is 2.00 bits per heavy atom. The van der Waals surface area contributed by atoms with E-state index in [2.05, 4.69) is 15.6 Å². The summed E-state index contributed by atoms with van der Waals surface area (Å²) in [6, 6.07) is 11.5. The average molecular weight is 297 g/mol. The van der Waals surface area contributed by atoms with Crippen molar-refractivity contribution in [1.29, 1.82) is 0 Å². The summed E-state index contributed by atoms with van der Waals surface area (Å²) < 4.78 is 5.38. The van der Waals surface area contributed by atoms with E-state index < -0.39 is 0 Å². The van der Waals surface area contributed by atoms with Gasteiger partial charge < -0.3 is 15.4 Å². The van der Waals surface area contributed by atoms with Crippen LogP contribution in [-0.2, 0) is 0 Å². The number of carbonyl (C=O) groups excluding carboxylic acids is 1. The smallest absolute Gasteiger partial charge is 0.274 e. The molecule has 2 aromatic rings. The van der Waals surface area contributed by atoms with E-state index in [1.54, 1.807) is 12.3 Å². The maximum absolute atomic E-state index is 12.2. The van der Waals surface area contributed by atoms with Crippen LogP contribution in [0.1, 0.15) is 30.3 Å². The standard InChI is InChI=1S/C17H19N3O2/c1-2-22-15-7-5-13(6-8-15)20-17(21)16-11-14(9-10-18-16)19-12-3-4-12/h5-12H,2-4H2,1H3,(H,18,19)(H,20,21). The minimum Gasteiger partial charge on any atom is -0.494 e. The average Bonchev–Trinajstić information content (AvgIpc) is 3.34. The summed E-state index contributed by atoms with van der Waals surface area (Å²) in [7, 11) is 0. The topological polar surface area (TPSA) is 63.2 Å². The first-order chi connectivity index (χ1) is 10.7. The highest BCUT2D eigenvalue weighted by molar-refractivity contribution is 6.03. The van der Waals surface area contributed by atoms with Gasteiger partial charge in [0.05, 0.1) is 6.61 Å². The van der Waals surface area contributed by atoms with Gasteiger partial charge in [-0.1, -0.05) is 0 Å². The van der Waals surface area contributed by atoms with Gasteiger partial charge in [-0.2, -0.15) is 0 Å². The van der Waals surface area contributed by atoms with E-state index in [9.17, 15) is 4.79 Å². The highest BCUT2D eigenvalue weighted by atomic mass is 16.5. The van der Waals surface area contributed by atoms with E-state index in [1.807, 2.05) is 37.3 Å². The molecule has 0 aliphatic heterocycles. The zero-order valence-electron chi connectivity index (χ0n) is 12.5. The van der Waals surface area contributed by atoms with E-state index in [0.29, 0.717) is 18.3 Å². The number of amides is 1. The summed E-state index contributed by atoms with van der Waals surface area (Å²) in [6.07, 6.45) is 4.03. The quantitative estimate of drug-likeness (QED) is 0.858. The van der Waals surface area contributed by atoms with Gasteiger partial charge in [-0.25, -0.2) is 0 Å². The van der Waals surface area contributed by atoms with Crippen LogP contribution in [0.4, 0.5) is 11.4 Å². The third-order valence-corrected chi connectivity index (χ3v) is 3.36. The number of benzene rings is 1. The van der Waals surface area contributed by atoms with Crippen molar-refractivity contribution in [3.8, 4) is 5.75 Å². The molecule has 1 aliphatic rings. The zero-order valence-corrected chi connectivity index (χ0v) is 12.5. The molecule has 114 valence electrons. The molecule has 1 aromatic heterocycles. The molecule has 0 atom stereocenters. The molecule has 1 aromatic carbocycles. The Morgan fingerprint density at radius 1 is 1.23 bits per heavy atom. The van der Waals surface area contributed by atoms with Gasteiger partial charge in [0.15, 0.2) is 0 Å². The van der Waals surface area contributed by atoms with Crippen molar-refractivity contribution in [3.05, 3.63) is 48.3 Å². The van der Waals surface area contributed by atoms with E-state index in [1.165, 1.54) is 12.8 Å². The normalized spacial score (nSPS) is 13.5. The van der Waals surface area contributed by atoms with Crippen LogP contribution in [0.2, 0.25) is 0 Å². The molecule has 1 aliphatic carbocycles. The second-order valence-electron chi connectivity index (χ2n) is 5.26. The first-order valence-electron chi connectivity index (χ1n) is 7.51. The molecule has 1 heterocycles. The van der Waals surface area contributed by atoms with Crippen LogP contribution in [0.3, 0.4) is 0 Å². The van der Waals surface area contributed by atoms with Crippen molar-refractivity contribution in [2.24, 2.45) is 0 Å². The van der Waals surface area contributed by atoms with Crippen molar-refractivity contribution in [1.82, 2.24) is 4.98 Å². The minimum atomic E-state index is -0.219. The summed E-state index contributed by atoms with van der Waals surface area (Å²) >= 11 is 0. The summed E-state index contributed by atoms with van der Waals surface area (Å²) in [5.74, 6) is 0.567. The first-order valence-corrected chi connectivity index (χ1v) is 7.51. The van der Waals surface area contributed by atoms with Gasteiger partial charge in [0.1, 0.15) is 11.4 Å². The van der Waals surface area contributed by atoms with Gasteiger partial charge >= 0.3 is 0 Å². The third-order valence-electron chi connectivity index (χ3n) is 3.36. The van der Waals surface area contributed by atoms with Gasteiger partial charge in [0.2, 0.25) is 0 Å². The summed E-state index contributed by atoms with van der Waals surface area (Å²) in [6.45, 7) is 2.56. The van der Waals surface area contributed by atoms with Gasteiger partial charge in [-0.3, -0.25) is 9.78 Å². The molecule has 0 radical (unpaired) electrons. The SMILES string of the molecule is CCOc1ccc(NC(=O)c2cc(NC3CC3)ccn2)cc1. The van der Waals surface area contributed by atoms with Crippen molar-refractivity contribution in [3.63, 3.8) is 0 Å². The second kappa shape index (κ2) is 6.47. The zero-order chi connectivity index (χ0) is 15.4. The molecular weight excluding hydrogens is 278 g/mol. The Hall–Kier alpha value is -2.56. The van der Waals surface area contributed by atoms with Crippen LogP contribution < -0.4 is 15.4 Å². The van der Waals surface area contributed by atoms with Gasteiger partial charge in [0.25, 0.3) is 5.91 Å². The lowest BCUT2D eigenvalue weighted by atomic mass is 10.2. The molecular formula is C17H19N3O2. The van der Waals surface area contributed by atoms with Crippen LogP contribution >= 0.6 is 0 Å². The van der Waals surface area contributed by atoms with Crippen LogP contribution in [0.25, 0.3) is 0 Å². The Kier molecular flexibility index (Phi) is 4.23.